The van der Waals surface area contributed by atoms with Gasteiger partial charge in [0, 0.05) is 37.6 Å². The average Bonchev–Trinajstić information content (AvgIpc) is 3.37. The van der Waals surface area contributed by atoms with Gasteiger partial charge in [-0.15, -0.1) is 0 Å². The van der Waals surface area contributed by atoms with Crippen LogP contribution in [0.4, 0.5) is 16.0 Å². The van der Waals surface area contributed by atoms with Gasteiger partial charge in [0.15, 0.2) is 11.5 Å². The van der Waals surface area contributed by atoms with Gasteiger partial charge in [0.25, 0.3) is 5.91 Å². The van der Waals surface area contributed by atoms with Crippen molar-refractivity contribution < 1.29 is 23.8 Å². The topological polar surface area (TPSA) is 102 Å². The molecule has 1 amide bonds. The summed E-state index contributed by atoms with van der Waals surface area (Å²) in [5.41, 5.74) is 4.81. The molecule has 0 atom stereocenters. The van der Waals surface area contributed by atoms with Crippen LogP contribution >= 0.6 is 0 Å². The summed E-state index contributed by atoms with van der Waals surface area (Å²) < 4.78 is 27.2. The van der Waals surface area contributed by atoms with Gasteiger partial charge in [-0.2, -0.15) is 0 Å². The Hall–Kier alpha value is -4.44. The molecule has 0 aliphatic carbocycles. The van der Waals surface area contributed by atoms with Gasteiger partial charge in [0.05, 0.1) is 18.0 Å². The third-order valence-electron chi connectivity index (χ3n) is 6.77. The van der Waals surface area contributed by atoms with Crippen molar-refractivity contribution >= 4 is 17.5 Å². The number of amides is 1. The molecule has 6 rings (SSSR count). The summed E-state index contributed by atoms with van der Waals surface area (Å²) in [5.74, 6) is 1.13. The van der Waals surface area contributed by atoms with E-state index in [4.69, 9.17) is 14.5 Å². The van der Waals surface area contributed by atoms with Crippen LogP contribution < -0.4 is 14.8 Å². The lowest BCUT2D eigenvalue weighted by molar-refractivity contribution is 0.0689. The van der Waals surface area contributed by atoms with Crippen LogP contribution in [0.5, 0.6) is 11.5 Å². The molecular weight excluding hydrogens is 489 g/mol. The molecule has 9 nitrogen and oxygen atoms in total. The van der Waals surface area contributed by atoms with Crippen LogP contribution in [0.25, 0.3) is 11.3 Å². The maximum absolute atomic E-state index is 13.8. The highest BCUT2D eigenvalue weighted by molar-refractivity contribution is 5.95. The minimum Gasteiger partial charge on any atom is -0.486 e. The van der Waals surface area contributed by atoms with Gasteiger partial charge in [0.2, 0.25) is 5.95 Å². The number of aromatic nitrogens is 3. The highest BCUT2D eigenvalue weighted by Gasteiger charge is 2.27. The first-order valence-electron chi connectivity index (χ1n) is 12.4. The molecule has 0 radical (unpaired) electrons. The number of hydrogen-bond donors (Lipinski definition) is 2. The Bertz CT molecular complexity index is 1540. The number of carbonyl (C=O) groups is 1. The van der Waals surface area contributed by atoms with Crippen LogP contribution in [-0.2, 0) is 19.7 Å². The van der Waals surface area contributed by atoms with Crippen LogP contribution in [0.1, 0.15) is 27.2 Å². The first-order chi connectivity index (χ1) is 18.5. The van der Waals surface area contributed by atoms with Crippen molar-refractivity contribution in [1.29, 1.82) is 0 Å². The van der Waals surface area contributed by atoms with E-state index in [-0.39, 0.29) is 19.1 Å². The molecule has 10 heteroatoms. The first kappa shape index (κ1) is 23.9. The number of anilines is 2. The fraction of sp³-hybridized carbons (Fsp3) is 0.250. The maximum atomic E-state index is 13.8. The molecule has 0 fully saturated rings. The molecule has 0 bridgehead atoms. The highest BCUT2D eigenvalue weighted by atomic mass is 19.1. The van der Waals surface area contributed by atoms with Crippen molar-refractivity contribution in [3.63, 3.8) is 0 Å². The fourth-order valence-corrected chi connectivity index (χ4v) is 4.84. The van der Waals surface area contributed by atoms with Crippen LogP contribution in [0.3, 0.4) is 0 Å². The van der Waals surface area contributed by atoms with Crippen molar-refractivity contribution in [3.8, 4) is 22.8 Å². The van der Waals surface area contributed by atoms with Gasteiger partial charge in [-0.05, 0) is 53.9 Å². The van der Waals surface area contributed by atoms with Crippen molar-refractivity contribution in [2.75, 3.05) is 25.1 Å². The van der Waals surface area contributed by atoms with Crippen molar-refractivity contribution in [2.45, 2.75) is 26.6 Å². The summed E-state index contributed by atoms with van der Waals surface area (Å²) in [7, 11) is 0. The van der Waals surface area contributed by atoms with Crippen LogP contribution in [-0.4, -0.2) is 50.2 Å². The van der Waals surface area contributed by atoms with Gasteiger partial charge in [0.1, 0.15) is 24.7 Å². The molecule has 38 heavy (non-hydrogen) atoms. The van der Waals surface area contributed by atoms with Gasteiger partial charge < -0.3 is 29.4 Å². The van der Waals surface area contributed by atoms with E-state index in [1.807, 2.05) is 42.0 Å². The number of aryl methyl sites for hydroxylation is 1. The second-order valence-corrected chi connectivity index (χ2v) is 9.29. The second kappa shape index (κ2) is 9.79. The molecule has 2 aliphatic heterocycles. The Morgan fingerprint density at radius 2 is 1.97 bits per heavy atom. The van der Waals surface area contributed by atoms with Crippen LogP contribution in [0.15, 0.2) is 54.9 Å². The zero-order chi connectivity index (χ0) is 26.2. The van der Waals surface area contributed by atoms with Gasteiger partial charge in [-0.3, -0.25) is 4.79 Å². The van der Waals surface area contributed by atoms with Crippen molar-refractivity contribution in [2.24, 2.45) is 0 Å². The number of aliphatic hydroxyl groups excluding tert-OH is 1. The highest BCUT2D eigenvalue weighted by Crippen LogP contribution is 2.38. The lowest BCUT2D eigenvalue weighted by Crippen LogP contribution is -2.39. The van der Waals surface area contributed by atoms with Gasteiger partial charge >= 0.3 is 0 Å². The van der Waals surface area contributed by atoms with Crippen LogP contribution in [0.2, 0.25) is 0 Å². The van der Waals surface area contributed by atoms with E-state index in [2.05, 4.69) is 10.3 Å². The van der Waals surface area contributed by atoms with Crippen LogP contribution in [0, 0.1) is 12.7 Å². The number of ether oxygens (including phenoxy) is 2. The summed E-state index contributed by atoms with van der Waals surface area (Å²) in [5, 5.41) is 12.9. The maximum Gasteiger partial charge on any atom is 0.270 e. The second-order valence-electron chi connectivity index (χ2n) is 9.29. The van der Waals surface area contributed by atoms with Crippen molar-refractivity contribution in [3.05, 3.63) is 83.1 Å². The van der Waals surface area contributed by atoms with E-state index in [1.54, 1.807) is 17.2 Å². The molecular formula is C28H26FN5O4. The minimum absolute atomic E-state index is 0.159. The number of rotatable bonds is 6. The molecule has 2 N–H and O–H groups in total. The first-order valence-corrected chi connectivity index (χ1v) is 12.4. The average molecular weight is 516 g/mol. The summed E-state index contributed by atoms with van der Waals surface area (Å²) in [6.45, 7) is 3.96. The predicted octanol–water partition coefficient (Wildman–Crippen LogP) is 4.06. The summed E-state index contributed by atoms with van der Waals surface area (Å²) in [6.07, 6.45) is 3.66. The Labute approximate surface area is 218 Å². The zero-order valence-electron chi connectivity index (χ0n) is 20.8. The number of nitrogens with one attached hydrogen (secondary N) is 1. The Morgan fingerprint density at radius 1 is 1.11 bits per heavy atom. The molecule has 0 saturated heterocycles. The Kier molecular flexibility index (Phi) is 6.16. The van der Waals surface area contributed by atoms with Gasteiger partial charge in [-0.1, -0.05) is 12.1 Å². The SMILES string of the molecule is Cc1cnc(Nc2cccc3c2OCCO3)nc1-c1cc2n(c1)CCN(Cc1cc(F)ccc1CO)C2=O. The molecule has 2 aromatic carbocycles. The van der Waals surface area contributed by atoms with E-state index in [0.29, 0.717) is 72.0 Å². The summed E-state index contributed by atoms with van der Waals surface area (Å²) in [6, 6.07) is 11.7. The number of nitrogens with zero attached hydrogens (tertiary/aromatic N) is 4. The minimum atomic E-state index is -0.397. The number of aliphatic hydroxyl groups is 1. The smallest absolute Gasteiger partial charge is 0.270 e. The van der Waals surface area contributed by atoms with E-state index < -0.39 is 5.82 Å². The third kappa shape index (κ3) is 4.43. The molecule has 0 saturated carbocycles. The fourth-order valence-electron chi connectivity index (χ4n) is 4.84. The summed E-state index contributed by atoms with van der Waals surface area (Å²) in [4.78, 5) is 24.2. The number of para-hydroxylation sites is 1. The predicted molar refractivity (Wildman–Crippen MR) is 138 cm³/mol. The monoisotopic (exact) mass is 515 g/mol. The Morgan fingerprint density at radius 3 is 2.84 bits per heavy atom. The van der Waals surface area contributed by atoms with E-state index in [0.717, 1.165) is 11.1 Å². The Balaban J connectivity index is 1.26. The normalized spacial score (nSPS) is 14.4. The zero-order valence-corrected chi connectivity index (χ0v) is 20.8. The molecule has 4 heterocycles. The molecule has 0 unspecified atom stereocenters. The number of halogens is 1. The number of carbonyl (C=O) groups excluding carboxylic acids is 1. The lowest BCUT2D eigenvalue weighted by Gasteiger charge is -2.29. The standard InChI is InChI=1S/C28H26FN5O4/c1-17-13-30-28(31-22-3-2-4-24-26(22)38-10-9-37-24)32-25(17)20-12-23-27(36)34(8-7-33(23)15-20)14-19-11-21(29)6-5-18(19)16-35/h2-6,11-13,15,35H,7-10,14,16H2,1H3,(H,30,31,32). The number of fused-ring (bicyclic) bond motifs is 2. The quantitative estimate of drug-likeness (QED) is 0.399. The largest absolute Gasteiger partial charge is 0.486 e. The molecule has 194 valence electrons. The molecule has 4 aromatic rings. The molecule has 2 aliphatic rings. The summed E-state index contributed by atoms with van der Waals surface area (Å²) >= 11 is 0. The lowest BCUT2D eigenvalue weighted by atomic mass is 10.1. The third-order valence-corrected chi connectivity index (χ3v) is 6.77. The van der Waals surface area contributed by atoms with E-state index >= 15 is 0 Å². The number of hydrogen-bond acceptors (Lipinski definition) is 7. The van der Waals surface area contributed by atoms with Gasteiger partial charge in [-0.25, -0.2) is 14.4 Å². The molecule has 0 spiro atoms. The number of benzene rings is 2. The van der Waals surface area contributed by atoms with E-state index in [9.17, 15) is 14.3 Å². The molecule has 2 aromatic heterocycles. The van der Waals surface area contributed by atoms with E-state index in [1.165, 1.54) is 12.1 Å². The van der Waals surface area contributed by atoms with Crippen molar-refractivity contribution in [1.82, 2.24) is 19.4 Å².